The van der Waals surface area contributed by atoms with Crippen molar-refractivity contribution in [3.05, 3.63) is 66.2 Å². The molecule has 2 aromatic carbocycles. The molecule has 0 atom stereocenters. The number of rotatable bonds is 7. The zero-order valence-electron chi connectivity index (χ0n) is 16.3. The third-order valence-corrected chi connectivity index (χ3v) is 5.40. The number of Topliss-reactive ketones (excluding diaryl/α,β-unsaturated/α-hetero) is 1. The Morgan fingerprint density at radius 1 is 1.03 bits per heavy atom. The lowest BCUT2D eigenvalue weighted by atomic mass is 10.1. The summed E-state index contributed by atoms with van der Waals surface area (Å²) in [7, 11) is 0. The summed E-state index contributed by atoms with van der Waals surface area (Å²) in [5.41, 5.74) is 1.31. The predicted molar refractivity (Wildman–Crippen MR) is 113 cm³/mol. The molecule has 31 heavy (non-hydrogen) atoms. The number of thioether (sulfide) groups is 1. The number of carbonyl (C=O) groups is 1. The Morgan fingerprint density at radius 2 is 1.90 bits per heavy atom. The van der Waals surface area contributed by atoms with Crippen LogP contribution in [0, 0.1) is 0 Å². The van der Waals surface area contributed by atoms with Crippen LogP contribution in [0.1, 0.15) is 16.2 Å². The monoisotopic (exact) mass is 435 g/mol. The first-order valence-electron chi connectivity index (χ1n) is 9.61. The Hall–Kier alpha value is -3.59. The van der Waals surface area contributed by atoms with Crippen LogP contribution in [-0.4, -0.2) is 39.9 Å². The van der Waals surface area contributed by atoms with Gasteiger partial charge in [-0.15, -0.1) is 10.2 Å². The van der Waals surface area contributed by atoms with Crippen LogP contribution in [0.4, 0.5) is 0 Å². The molecular weight excluding hydrogens is 418 g/mol. The predicted octanol–water partition coefficient (Wildman–Crippen LogP) is 3.94. The average Bonchev–Trinajstić information content (AvgIpc) is 3.28. The molecule has 156 valence electrons. The van der Waals surface area contributed by atoms with Gasteiger partial charge in [-0.25, -0.2) is 0 Å². The normalized spacial score (nSPS) is 12.6. The number of hydrogen-bond donors (Lipinski definition) is 0. The van der Waals surface area contributed by atoms with E-state index in [0.29, 0.717) is 47.1 Å². The minimum atomic E-state index is -0.0696. The lowest BCUT2D eigenvalue weighted by molar-refractivity contribution is 0.102. The third kappa shape index (κ3) is 4.31. The summed E-state index contributed by atoms with van der Waals surface area (Å²) in [5.74, 6) is 2.29. The summed E-state index contributed by atoms with van der Waals surface area (Å²) in [5, 5.41) is 9.26. The van der Waals surface area contributed by atoms with Gasteiger partial charge in [-0.1, -0.05) is 30.0 Å². The number of carbonyl (C=O) groups excluding carboxylic acids is 1. The van der Waals surface area contributed by atoms with Gasteiger partial charge in [0.25, 0.3) is 11.1 Å². The van der Waals surface area contributed by atoms with E-state index >= 15 is 0 Å². The third-order valence-electron chi connectivity index (χ3n) is 4.59. The van der Waals surface area contributed by atoms with Gasteiger partial charge in [0, 0.05) is 17.1 Å². The second kappa shape index (κ2) is 8.65. The highest BCUT2D eigenvalue weighted by molar-refractivity contribution is 7.99. The zero-order chi connectivity index (χ0) is 21.0. The van der Waals surface area contributed by atoms with E-state index in [4.69, 9.17) is 18.6 Å². The molecule has 0 amide bonds. The number of benzene rings is 2. The molecule has 1 aliphatic heterocycles. The minimum Gasteiger partial charge on any atom is -0.486 e. The molecule has 0 saturated heterocycles. The zero-order valence-corrected chi connectivity index (χ0v) is 17.1. The molecule has 0 radical (unpaired) electrons. The molecule has 5 rings (SSSR count). The first-order valence-corrected chi connectivity index (χ1v) is 10.6. The molecule has 3 heterocycles. The fourth-order valence-electron chi connectivity index (χ4n) is 3.11. The first kappa shape index (κ1) is 19.4. The molecule has 9 heteroatoms. The number of para-hydroxylation sites is 1. The van der Waals surface area contributed by atoms with Crippen LogP contribution in [0.25, 0.3) is 10.9 Å². The standard InChI is InChI=1S/C22H17N3O5S/c26-16(15-6-7-17-19(11-15)28-10-9-27-17)13-31-22-25-24-20(30-22)12-29-18-5-1-3-14-4-2-8-23-21(14)18/h1-8,11H,9-10,12-13H2. The fourth-order valence-corrected chi connectivity index (χ4v) is 3.79. The Labute approximate surface area is 181 Å². The van der Waals surface area contributed by atoms with E-state index in [9.17, 15) is 4.79 Å². The van der Waals surface area contributed by atoms with Crippen LogP contribution in [-0.2, 0) is 6.61 Å². The highest BCUT2D eigenvalue weighted by atomic mass is 32.2. The van der Waals surface area contributed by atoms with E-state index in [1.165, 1.54) is 11.8 Å². The molecule has 8 nitrogen and oxygen atoms in total. The Kier molecular flexibility index (Phi) is 5.40. The van der Waals surface area contributed by atoms with Crippen LogP contribution in [0.2, 0.25) is 0 Å². The Balaban J connectivity index is 1.19. The number of ketones is 1. The van der Waals surface area contributed by atoms with Gasteiger partial charge >= 0.3 is 0 Å². The van der Waals surface area contributed by atoms with Crippen LogP contribution in [0.5, 0.6) is 17.2 Å². The number of ether oxygens (including phenoxy) is 3. The van der Waals surface area contributed by atoms with Gasteiger partial charge < -0.3 is 18.6 Å². The number of nitrogens with zero attached hydrogens (tertiary/aromatic N) is 3. The average molecular weight is 435 g/mol. The largest absolute Gasteiger partial charge is 0.486 e. The Bertz CT molecular complexity index is 1240. The molecule has 0 fully saturated rings. The molecular formula is C22H17N3O5S. The summed E-state index contributed by atoms with van der Waals surface area (Å²) in [6.45, 7) is 1.09. The molecule has 0 N–H and O–H groups in total. The van der Waals surface area contributed by atoms with Gasteiger partial charge in [-0.2, -0.15) is 0 Å². The first-order chi connectivity index (χ1) is 15.3. The molecule has 0 saturated carbocycles. The summed E-state index contributed by atoms with van der Waals surface area (Å²) >= 11 is 1.18. The van der Waals surface area contributed by atoms with Crippen molar-refractivity contribution in [2.75, 3.05) is 19.0 Å². The van der Waals surface area contributed by atoms with Crippen LogP contribution in [0.3, 0.4) is 0 Å². The van der Waals surface area contributed by atoms with Crippen LogP contribution < -0.4 is 14.2 Å². The van der Waals surface area contributed by atoms with Crippen molar-refractivity contribution in [1.82, 2.24) is 15.2 Å². The topological polar surface area (TPSA) is 96.6 Å². The van der Waals surface area contributed by atoms with E-state index in [0.717, 1.165) is 10.9 Å². The van der Waals surface area contributed by atoms with Crippen molar-refractivity contribution in [3.8, 4) is 17.2 Å². The van der Waals surface area contributed by atoms with Crippen molar-refractivity contribution in [1.29, 1.82) is 0 Å². The second-order valence-electron chi connectivity index (χ2n) is 6.65. The number of hydrogen-bond acceptors (Lipinski definition) is 9. The molecule has 0 bridgehead atoms. The summed E-state index contributed by atoms with van der Waals surface area (Å²) in [6, 6.07) is 14.7. The molecule has 0 spiro atoms. The molecule has 4 aromatic rings. The van der Waals surface area contributed by atoms with Gasteiger partial charge in [0.2, 0.25) is 0 Å². The summed E-state index contributed by atoms with van der Waals surface area (Å²) < 4.78 is 22.4. The second-order valence-corrected chi connectivity index (χ2v) is 7.58. The summed E-state index contributed by atoms with van der Waals surface area (Å²) in [4.78, 5) is 16.9. The smallest absolute Gasteiger partial charge is 0.277 e. The summed E-state index contributed by atoms with van der Waals surface area (Å²) in [6.07, 6.45) is 1.72. The Morgan fingerprint density at radius 3 is 2.84 bits per heavy atom. The van der Waals surface area contributed by atoms with Crippen molar-refractivity contribution < 1.29 is 23.4 Å². The van der Waals surface area contributed by atoms with Gasteiger partial charge in [0.1, 0.15) is 24.5 Å². The number of fused-ring (bicyclic) bond motifs is 2. The number of aromatic nitrogens is 3. The lowest BCUT2D eigenvalue weighted by Gasteiger charge is -2.18. The minimum absolute atomic E-state index is 0.0696. The van der Waals surface area contributed by atoms with Crippen LogP contribution in [0.15, 0.2) is 64.4 Å². The van der Waals surface area contributed by atoms with Crippen molar-refractivity contribution in [2.24, 2.45) is 0 Å². The highest BCUT2D eigenvalue weighted by Gasteiger charge is 2.16. The quantitative estimate of drug-likeness (QED) is 0.316. The molecule has 1 aliphatic rings. The van der Waals surface area contributed by atoms with E-state index < -0.39 is 0 Å². The van der Waals surface area contributed by atoms with Crippen molar-refractivity contribution in [3.63, 3.8) is 0 Å². The lowest BCUT2D eigenvalue weighted by Crippen LogP contribution is -2.16. The van der Waals surface area contributed by atoms with E-state index in [2.05, 4.69) is 15.2 Å². The molecule has 0 aliphatic carbocycles. The van der Waals surface area contributed by atoms with E-state index in [-0.39, 0.29) is 18.1 Å². The van der Waals surface area contributed by atoms with Crippen molar-refractivity contribution >= 4 is 28.4 Å². The molecule has 0 unspecified atom stereocenters. The van der Waals surface area contributed by atoms with Gasteiger partial charge in [-0.3, -0.25) is 9.78 Å². The van der Waals surface area contributed by atoms with Gasteiger partial charge in [0.15, 0.2) is 23.9 Å². The highest BCUT2D eigenvalue weighted by Crippen LogP contribution is 2.31. The van der Waals surface area contributed by atoms with Gasteiger partial charge in [-0.05, 0) is 30.3 Å². The number of pyridine rings is 1. The van der Waals surface area contributed by atoms with Gasteiger partial charge in [0.05, 0.1) is 5.75 Å². The maximum absolute atomic E-state index is 12.5. The fraction of sp³-hybridized carbons (Fsp3) is 0.182. The van der Waals surface area contributed by atoms with E-state index in [1.807, 2.05) is 30.3 Å². The SMILES string of the molecule is O=C(CSc1nnc(COc2cccc3cccnc23)o1)c1ccc2c(c1)OCCO2. The maximum Gasteiger partial charge on any atom is 0.277 e. The van der Waals surface area contributed by atoms with Crippen LogP contribution >= 0.6 is 11.8 Å². The van der Waals surface area contributed by atoms with Crippen molar-refractivity contribution in [2.45, 2.75) is 11.8 Å². The van der Waals surface area contributed by atoms with E-state index in [1.54, 1.807) is 24.4 Å². The maximum atomic E-state index is 12.5. The molecule has 2 aromatic heterocycles.